The number of aliphatic hydroxyl groups excluding tert-OH is 1. The molecule has 31 heteroatoms. The molecule has 1 heterocycles. The van der Waals surface area contributed by atoms with Crippen molar-refractivity contribution < 1.29 is 105 Å². The van der Waals surface area contributed by atoms with E-state index in [0.717, 1.165) is 17.2 Å². The maximum Gasteiger partial charge on any atom is 1.00 e. The van der Waals surface area contributed by atoms with Crippen LogP contribution in [-0.2, 0) is 63.4 Å². The molecule has 1 aromatic heterocycles. The summed E-state index contributed by atoms with van der Waals surface area (Å²) in [5.41, 5.74) is 16.6. The van der Waals surface area contributed by atoms with E-state index < -0.39 is 30.9 Å². The Morgan fingerprint density at radius 3 is 1.45 bits per heavy atom. The Kier molecular flexibility index (Phi) is 50.6. The summed E-state index contributed by atoms with van der Waals surface area (Å²) in [5.74, 6) is -3.34. The van der Waals surface area contributed by atoms with Crippen LogP contribution in [0.2, 0.25) is 30.1 Å². The van der Waals surface area contributed by atoms with E-state index in [0.29, 0.717) is 105 Å². The summed E-state index contributed by atoms with van der Waals surface area (Å²) in [5, 5.41) is 11.0. The molecule has 14 nitrogen and oxygen atoms in total. The van der Waals surface area contributed by atoms with E-state index >= 15 is 0 Å². The van der Waals surface area contributed by atoms with Gasteiger partial charge >= 0.3 is 41.5 Å². The molecule has 7 rings (SSSR count). The number of esters is 2. The van der Waals surface area contributed by atoms with Crippen LogP contribution < -0.4 is 46.8 Å². The van der Waals surface area contributed by atoms with E-state index in [1.165, 1.54) is 84.7 Å². The van der Waals surface area contributed by atoms with Gasteiger partial charge in [-0.05, 0) is 138 Å². The molecule has 0 saturated carbocycles. The van der Waals surface area contributed by atoms with Gasteiger partial charge in [0.25, 0.3) is 0 Å². The van der Waals surface area contributed by atoms with Crippen molar-refractivity contribution in [2.45, 2.75) is 64.1 Å². The number of benzene rings is 6. The van der Waals surface area contributed by atoms with E-state index in [2.05, 4.69) is 54.1 Å². The average molecular weight is 1560 g/mol. The molecule has 0 amide bonds. The van der Waals surface area contributed by atoms with Crippen molar-refractivity contribution in [1.29, 1.82) is 0 Å². The van der Waals surface area contributed by atoms with Gasteiger partial charge in [0, 0.05) is 91.2 Å². The Morgan fingerprint density at radius 2 is 1.09 bits per heavy atom. The average Bonchev–Trinajstić information content (AvgIpc) is 2.06. The maximum atomic E-state index is 13.4. The van der Waals surface area contributed by atoms with E-state index in [9.17, 15) is 54.9 Å². The topological polar surface area (TPSA) is 241 Å². The molecule has 0 aliphatic rings. The van der Waals surface area contributed by atoms with Crippen LogP contribution in [0.4, 0.5) is 31.5 Å². The van der Waals surface area contributed by atoms with Gasteiger partial charge in [0.05, 0.1) is 40.3 Å². The zero-order valence-electron chi connectivity index (χ0n) is 52.2. The van der Waals surface area contributed by atoms with Gasteiger partial charge in [0.1, 0.15) is 53.6 Å². The van der Waals surface area contributed by atoms with E-state index in [4.69, 9.17) is 85.0 Å². The normalized spacial score (nSPS) is 10.9. The van der Waals surface area contributed by atoms with Crippen LogP contribution in [0.1, 0.15) is 78.1 Å². The van der Waals surface area contributed by atoms with Gasteiger partial charge in [-0.3, -0.25) is 14.2 Å². The molecular formula is C63H67BrCl6F6N4NaO10PS2. The van der Waals surface area contributed by atoms with Crippen molar-refractivity contribution in [2.75, 3.05) is 45.0 Å². The molecular weight excluding hydrogens is 1500 g/mol. The van der Waals surface area contributed by atoms with E-state index in [1.807, 2.05) is 0 Å². The zero-order valence-corrected chi connectivity index (χ0v) is 61.8. The molecule has 508 valence electrons. The second-order valence-electron chi connectivity index (χ2n) is 17.8. The number of aromatic nitrogens is 1. The standard InChI is InChI=1S/C11H10ClFO2.C10H8ClFN2S.C9H7BrClFO.C9H10ClFO.C9H8ClFO.C7H4ClFO.C7H15O4P.CH4N2S.Na.H/c1-2-15-11(14)7-6-8-9(12)4-3-5-10(8)13;11-8-2-1-3-9(12)7(8)4-6-5-14-10(13)15-6;10-6(5-13)4-7-8(11)2-1-3-9(7)12;2*10-8-4-1-5-9(11)7(8)3-2-6-12;8-6-2-1-3-7(9)5(6)4-10;1-4-10-7(8)6-12(3,9)11-5-2;2-1(3)4;;/h3-7H,2H2,1H3;1-3,5H,4H2,(H2,13,14);1-3,5-6H,4H2;1,4-5,12H,2-3,6H2;1,4-6H,2-3H2;1-4H;4-6H2,1-3H3;(H4,2,3,4);;/q;;;;;;;;+1;-1/b7-6+;;;;;;;;;. The van der Waals surface area contributed by atoms with Crippen molar-refractivity contribution in [3.8, 4) is 0 Å². The van der Waals surface area contributed by atoms with Crippen LogP contribution in [-0.4, -0.2) is 90.1 Å². The molecule has 0 radical (unpaired) electrons. The Morgan fingerprint density at radius 1 is 0.670 bits per heavy atom. The zero-order chi connectivity index (χ0) is 70.6. The molecule has 6 aromatic carbocycles. The predicted octanol–water partition coefficient (Wildman–Crippen LogP) is 14.3. The number of anilines is 1. The number of nitrogen functional groups attached to an aromatic ring is 1. The van der Waals surface area contributed by atoms with Crippen molar-refractivity contribution in [3.63, 3.8) is 0 Å². The Balaban J connectivity index is -0.00000103. The third-order valence-corrected chi connectivity index (χ3v) is 15.8. The fourth-order valence-corrected chi connectivity index (χ4v) is 10.3. The fraction of sp³-hybridized carbons (Fsp3) is 0.254. The smallest absolute Gasteiger partial charge is 1.00 e. The minimum absolute atomic E-state index is 0. The second kappa shape index (κ2) is 52.2. The number of halogens is 13. The summed E-state index contributed by atoms with van der Waals surface area (Å²) in [6.07, 6.45) is 8.23. The Hall–Kier alpha value is -4.92. The minimum atomic E-state index is -2.75. The van der Waals surface area contributed by atoms with Crippen LogP contribution >= 0.6 is 116 Å². The number of nitrogens with two attached hydrogens (primary N) is 3. The third-order valence-electron chi connectivity index (χ3n) is 10.7. The third kappa shape index (κ3) is 39.3. The first-order valence-electron chi connectivity index (χ1n) is 27.1. The molecule has 0 aliphatic carbocycles. The number of thiocarbonyl (C=S) groups is 1. The van der Waals surface area contributed by atoms with Crippen LogP contribution in [0.5, 0.6) is 0 Å². The Labute approximate surface area is 613 Å². The quantitative estimate of drug-likeness (QED) is 0.00811. The predicted molar refractivity (Wildman–Crippen MR) is 370 cm³/mol. The number of hydrogen-bond donors (Lipinski definition) is 4. The largest absolute Gasteiger partial charge is 1.00 e. The summed E-state index contributed by atoms with van der Waals surface area (Å²) >= 11 is 42.8. The number of rotatable bonds is 20. The van der Waals surface area contributed by atoms with E-state index in [1.54, 1.807) is 75.5 Å². The van der Waals surface area contributed by atoms with Gasteiger partial charge in [0.15, 0.2) is 16.5 Å². The monoisotopic (exact) mass is 1560 g/mol. The maximum absolute atomic E-state index is 13.4. The number of thiazole rings is 1. The molecule has 0 spiro atoms. The molecule has 0 fully saturated rings. The molecule has 94 heavy (non-hydrogen) atoms. The second-order valence-corrected chi connectivity index (χ2v) is 25.6. The molecule has 7 aromatic rings. The van der Waals surface area contributed by atoms with Crippen LogP contribution in [0.15, 0.2) is 121 Å². The summed E-state index contributed by atoms with van der Waals surface area (Å²) in [6.45, 7) is 7.59. The molecule has 0 bridgehead atoms. The van der Waals surface area contributed by atoms with Gasteiger partial charge in [-0.1, -0.05) is 122 Å². The first-order valence-corrected chi connectivity index (χ1v) is 33.8. The van der Waals surface area contributed by atoms with Crippen LogP contribution in [0.3, 0.4) is 0 Å². The first kappa shape index (κ1) is 91.1. The van der Waals surface area contributed by atoms with Gasteiger partial charge in [-0.25, -0.2) is 36.1 Å². The van der Waals surface area contributed by atoms with Gasteiger partial charge in [0.2, 0.25) is 7.37 Å². The van der Waals surface area contributed by atoms with E-state index in [-0.39, 0.29) is 111 Å². The number of ether oxygens (including phenoxy) is 2. The number of hydrogen-bond acceptors (Lipinski definition) is 14. The number of carbonyl (C=O) groups is 5. The molecule has 2 atom stereocenters. The molecule has 2 unspecified atom stereocenters. The number of aldehydes is 3. The minimum Gasteiger partial charge on any atom is -1.00 e. The SMILES string of the molecule is CCOC(=O)/C=C/c1c(F)cccc1Cl.CCOC(=O)CP(C)(=O)OCC.NC(N)=S.Nc1ncc(Cc2c(F)cccc2Cl)s1.O=CC(Br)Cc1c(F)cccc1Cl.O=CCCc1c(F)cccc1Cl.O=Cc1c(F)cccc1Cl.OCCCc1c(F)cccc1Cl.[H-].[Na+]. The van der Waals surface area contributed by atoms with Crippen LogP contribution in [0.25, 0.3) is 6.08 Å². The van der Waals surface area contributed by atoms with Crippen molar-refractivity contribution >= 4 is 164 Å². The summed E-state index contributed by atoms with van der Waals surface area (Å²) in [7, 11) is -2.75. The van der Waals surface area contributed by atoms with Gasteiger partial charge in [-0.15, -0.1) is 11.3 Å². The molecule has 0 saturated heterocycles. The van der Waals surface area contributed by atoms with Crippen LogP contribution in [0, 0.1) is 34.9 Å². The first-order chi connectivity index (χ1) is 44.0. The van der Waals surface area contributed by atoms with Gasteiger partial charge < -0.3 is 47.3 Å². The molecule has 0 aliphatic heterocycles. The number of carbonyl (C=O) groups excluding carboxylic acids is 5. The number of aliphatic hydroxyl groups is 1. The Bertz CT molecular complexity index is 3440. The molecule has 7 N–H and O–H groups in total. The van der Waals surface area contributed by atoms with Crippen molar-refractivity contribution in [1.82, 2.24) is 4.98 Å². The number of alkyl halides is 1. The number of nitrogens with zero attached hydrogens (tertiary/aromatic N) is 1. The van der Waals surface area contributed by atoms with Gasteiger partial charge in [-0.2, -0.15) is 0 Å². The van der Waals surface area contributed by atoms with Crippen molar-refractivity contribution in [2.24, 2.45) is 11.5 Å². The summed E-state index contributed by atoms with van der Waals surface area (Å²) in [4.78, 5) is 56.7. The summed E-state index contributed by atoms with van der Waals surface area (Å²) < 4.78 is 104. The van der Waals surface area contributed by atoms with Crippen molar-refractivity contribution in [3.05, 3.63) is 225 Å². The fourth-order valence-electron chi connectivity index (χ4n) is 6.65. The summed E-state index contributed by atoms with van der Waals surface area (Å²) in [6, 6.07) is 26.6.